The molecule has 0 aliphatic heterocycles. The number of hydrogen-bond acceptors (Lipinski definition) is 4. The Hall–Kier alpha value is -2.07. The topological polar surface area (TPSA) is 57.4 Å². The van der Waals surface area contributed by atoms with Crippen LogP contribution in [0.5, 0.6) is 11.5 Å². The van der Waals surface area contributed by atoms with Crippen LogP contribution in [0, 0.1) is 0 Å². The van der Waals surface area contributed by atoms with Gasteiger partial charge in [-0.25, -0.2) is 0 Å². The van der Waals surface area contributed by atoms with E-state index in [0.717, 1.165) is 23.5 Å². The summed E-state index contributed by atoms with van der Waals surface area (Å²) in [5.41, 5.74) is 7.15. The SMILES string of the molecule is CC(C)Oc1cncc(C(N)CCOc2ccccc2)c1. The van der Waals surface area contributed by atoms with Gasteiger partial charge in [-0.2, -0.15) is 0 Å². The normalized spacial score (nSPS) is 12.2. The molecule has 4 nitrogen and oxygen atoms in total. The van der Waals surface area contributed by atoms with Crippen molar-refractivity contribution in [2.24, 2.45) is 5.73 Å². The van der Waals surface area contributed by atoms with Crippen molar-refractivity contribution in [3.05, 3.63) is 54.4 Å². The standard InChI is InChI=1S/C17H22N2O2/c1-13(2)21-16-10-14(11-19-12-16)17(18)8-9-20-15-6-4-3-5-7-15/h3-7,10-13,17H,8-9,18H2,1-2H3. The summed E-state index contributed by atoms with van der Waals surface area (Å²) in [7, 11) is 0. The fourth-order valence-electron chi connectivity index (χ4n) is 1.96. The number of hydrogen-bond donors (Lipinski definition) is 1. The molecule has 1 unspecified atom stereocenters. The summed E-state index contributed by atoms with van der Waals surface area (Å²) in [6.07, 6.45) is 4.33. The average molecular weight is 286 g/mol. The number of aromatic nitrogens is 1. The number of benzene rings is 1. The van der Waals surface area contributed by atoms with Crippen LogP contribution in [0.25, 0.3) is 0 Å². The molecule has 1 aromatic carbocycles. The summed E-state index contributed by atoms with van der Waals surface area (Å²) < 4.78 is 11.3. The van der Waals surface area contributed by atoms with Gasteiger partial charge >= 0.3 is 0 Å². The van der Waals surface area contributed by atoms with Crippen LogP contribution < -0.4 is 15.2 Å². The summed E-state index contributed by atoms with van der Waals surface area (Å²) in [5.74, 6) is 1.61. The van der Waals surface area contributed by atoms with Crippen LogP contribution in [0.3, 0.4) is 0 Å². The van der Waals surface area contributed by atoms with Crippen LogP contribution in [-0.2, 0) is 0 Å². The van der Waals surface area contributed by atoms with Gasteiger partial charge in [0.05, 0.1) is 18.9 Å². The molecule has 112 valence electrons. The summed E-state index contributed by atoms with van der Waals surface area (Å²) in [6, 6.07) is 11.6. The molecule has 21 heavy (non-hydrogen) atoms. The lowest BCUT2D eigenvalue weighted by Crippen LogP contribution is -2.15. The fourth-order valence-corrected chi connectivity index (χ4v) is 1.96. The highest BCUT2D eigenvalue weighted by Crippen LogP contribution is 2.20. The third kappa shape index (κ3) is 5.08. The Kier molecular flexibility index (Phi) is 5.58. The Balaban J connectivity index is 1.86. The van der Waals surface area contributed by atoms with E-state index in [1.165, 1.54) is 0 Å². The monoisotopic (exact) mass is 286 g/mol. The maximum atomic E-state index is 6.18. The van der Waals surface area contributed by atoms with Gasteiger partial charge in [-0.1, -0.05) is 18.2 Å². The maximum absolute atomic E-state index is 6.18. The number of nitrogens with zero attached hydrogens (tertiary/aromatic N) is 1. The molecule has 0 saturated carbocycles. The van der Waals surface area contributed by atoms with Gasteiger partial charge in [0.25, 0.3) is 0 Å². The summed E-state index contributed by atoms with van der Waals surface area (Å²) in [4.78, 5) is 4.18. The van der Waals surface area contributed by atoms with Crippen molar-refractivity contribution in [3.8, 4) is 11.5 Å². The van der Waals surface area contributed by atoms with Crippen LogP contribution in [0.1, 0.15) is 31.9 Å². The van der Waals surface area contributed by atoms with Crippen molar-refractivity contribution >= 4 is 0 Å². The molecule has 4 heteroatoms. The molecule has 0 bridgehead atoms. The van der Waals surface area contributed by atoms with Gasteiger partial charge in [-0.3, -0.25) is 4.98 Å². The lowest BCUT2D eigenvalue weighted by molar-refractivity contribution is 0.241. The third-order valence-corrected chi connectivity index (χ3v) is 2.98. The predicted molar refractivity (Wildman–Crippen MR) is 83.5 cm³/mol. The van der Waals surface area contributed by atoms with E-state index in [-0.39, 0.29) is 12.1 Å². The van der Waals surface area contributed by atoms with E-state index in [2.05, 4.69) is 4.98 Å². The Morgan fingerprint density at radius 2 is 1.86 bits per heavy atom. The van der Waals surface area contributed by atoms with Gasteiger partial charge in [0, 0.05) is 18.7 Å². The van der Waals surface area contributed by atoms with E-state index in [0.29, 0.717) is 6.61 Å². The molecule has 0 aliphatic rings. The van der Waals surface area contributed by atoms with Crippen molar-refractivity contribution in [2.75, 3.05) is 6.61 Å². The number of para-hydroxylation sites is 1. The number of nitrogens with two attached hydrogens (primary N) is 1. The minimum Gasteiger partial charge on any atom is -0.494 e. The Labute approximate surface area is 125 Å². The molecule has 0 saturated heterocycles. The van der Waals surface area contributed by atoms with Crippen molar-refractivity contribution in [1.82, 2.24) is 4.98 Å². The van der Waals surface area contributed by atoms with Gasteiger partial charge in [0.2, 0.25) is 0 Å². The first-order chi connectivity index (χ1) is 10.1. The van der Waals surface area contributed by atoms with Gasteiger partial charge in [-0.15, -0.1) is 0 Å². The van der Waals surface area contributed by atoms with Crippen molar-refractivity contribution in [1.29, 1.82) is 0 Å². The molecule has 1 aromatic heterocycles. The Morgan fingerprint density at radius 1 is 1.10 bits per heavy atom. The van der Waals surface area contributed by atoms with Gasteiger partial charge in [0.15, 0.2) is 0 Å². The first kappa shape index (κ1) is 15.3. The number of ether oxygens (including phenoxy) is 2. The van der Waals surface area contributed by atoms with Crippen molar-refractivity contribution < 1.29 is 9.47 Å². The zero-order valence-corrected chi connectivity index (χ0v) is 12.5. The number of rotatable bonds is 7. The molecular formula is C17H22N2O2. The summed E-state index contributed by atoms with van der Waals surface area (Å²) in [5, 5.41) is 0. The lowest BCUT2D eigenvalue weighted by atomic mass is 10.1. The summed E-state index contributed by atoms with van der Waals surface area (Å²) >= 11 is 0. The average Bonchev–Trinajstić information content (AvgIpc) is 2.48. The fraction of sp³-hybridized carbons (Fsp3) is 0.353. The molecule has 0 fully saturated rings. The van der Waals surface area contributed by atoms with Crippen LogP contribution in [0.15, 0.2) is 48.8 Å². The van der Waals surface area contributed by atoms with Crippen LogP contribution in [0.2, 0.25) is 0 Å². The van der Waals surface area contributed by atoms with Crippen LogP contribution in [-0.4, -0.2) is 17.7 Å². The molecule has 2 aromatic rings. The largest absolute Gasteiger partial charge is 0.494 e. The molecule has 2 rings (SSSR count). The Morgan fingerprint density at radius 3 is 2.57 bits per heavy atom. The smallest absolute Gasteiger partial charge is 0.138 e. The molecule has 2 N–H and O–H groups in total. The van der Waals surface area contributed by atoms with Crippen molar-refractivity contribution in [2.45, 2.75) is 32.4 Å². The minimum absolute atomic E-state index is 0.114. The van der Waals surface area contributed by atoms with E-state index in [1.807, 2.05) is 50.2 Å². The summed E-state index contributed by atoms with van der Waals surface area (Å²) in [6.45, 7) is 4.54. The van der Waals surface area contributed by atoms with Crippen LogP contribution in [0.4, 0.5) is 0 Å². The molecule has 1 heterocycles. The van der Waals surface area contributed by atoms with E-state index in [9.17, 15) is 0 Å². The molecule has 0 spiro atoms. The minimum atomic E-state index is -0.114. The van der Waals surface area contributed by atoms with E-state index >= 15 is 0 Å². The first-order valence-electron chi connectivity index (χ1n) is 7.20. The second-order valence-corrected chi connectivity index (χ2v) is 5.18. The predicted octanol–water partition coefficient (Wildman–Crippen LogP) is 3.34. The molecule has 0 aliphatic carbocycles. The number of pyridine rings is 1. The molecule has 0 amide bonds. The van der Waals surface area contributed by atoms with Gasteiger partial charge < -0.3 is 15.2 Å². The third-order valence-electron chi connectivity index (χ3n) is 2.98. The lowest BCUT2D eigenvalue weighted by Gasteiger charge is -2.15. The van der Waals surface area contributed by atoms with E-state index < -0.39 is 0 Å². The first-order valence-corrected chi connectivity index (χ1v) is 7.20. The second-order valence-electron chi connectivity index (χ2n) is 5.18. The van der Waals surface area contributed by atoms with E-state index in [1.54, 1.807) is 12.4 Å². The van der Waals surface area contributed by atoms with Gasteiger partial charge in [-0.05, 0) is 37.6 Å². The quantitative estimate of drug-likeness (QED) is 0.848. The zero-order chi connectivity index (χ0) is 15.1. The zero-order valence-electron chi connectivity index (χ0n) is 12.5. The molecular weight excluding hydrogens is 264 g/mol. The highest BCUT2D eigenvalue weighted by Gasteiger charge is 2.09. The highest BCUT2D eigenvalue weighted by atomic mass is 16.5. The van der Waals surface area contributed by atoms with Gasteiger partial charge in [0.1, 0.15) is 11.5 Å². The highest BCUT2D eigenvalue weighted by molar-refractivity contribution is 5.26. The second kappa shape index (κ2) is 7.64. The maximum Gasteiger partial charge on any atom is 0.138 e. The van der Waals surface area contributed by atoms with Crippen LogP contribution >= 0.6 is 0 Å². The molecule has 0 radical (unpaired) electrons. The van der Waals surface area contributed by atoms with Crippen molar-refractivity contribution in [3.63, 3.8) is 0 Å². The van der Waals surface area contributed by atoms with E-state index in [4.69, 9.17) is 15.2 Å². The molecule has 1 atom stereocenters. The Bertz CT molecular complexity index is 543.